The van der Waals surface area contributed by atoms with Crippen LogP contribution in [0.1, 0.15) is 30.2 Å². The number of nitrogens with one attached hydrogen (secondary N) is 1. The Morgan fingerprint density at radius 3 is 2.85 bits per heavy atom. The SMILES string of the molecule is Cc1cc(NC2CCOC(c3ccccc3)C2)ncn1. The number of aromatic nitrogens is 2. The van der Waals surface area contributed by atoms with Crippen LogP contribution in [0.3, 0.4) is 0 Å². The van der Waals surface area contributed by atoms with Crippen molar-refractivity contribution in [1.29, 1.82) is 0 Å². The van der Waals surface area contributed by atoms with Gasteiger partial charge in [0, 0.05) is 24.4 Å². The second-order valence-electron chi connectivity index (χ2n) is 5.18. The molecule has 1 N–H and O–H groups in total. The molecule has 0 radical (unpaired) electrons. The summed E-state index contributed by atoms with van der Waals surface area (Å²) in [5.74, 6) is 0.899. The van der Waals surface area contributed by atoms with Crippen LogP contribution in [0.2, 0.25) is 0 Å². The number of rotatable bonds is 3. The van der Waals surface area contributed by atoms with E-state index in [1.807, 2.05) is 19.1 Å². The first kappa shape index (κ1) is 13.1. The molecule has 2 atom stereocenters. The number of hydrogen-bond acceptors (Lipinski definition) is 4. The molecule has 3 rings (SSSR count). The van der Waals surface area contributed by atoms with Gasteiger partial charge in [-0.05, 0) is 25.3 Å². The minimum absolute atomic E-state index is 0.172. The lowest BCUT2D eigenvalue weighted by molar-refractivity contribution is 0.00974. The molecule has 20 heavy (non-hydrogen) atoms. The van der Waals surface area contributed by atoms with Gasteiger partial charge in [-0.2, -0.15) is 0 Å². The molecule has 1 aromatic heterocycles. The number of benzene rings is 1. The Hall–Kier alpha value is -1.94. The Labute approximate surface area is 119 Å². The third-order valence-corrected chi connectivity index (χ3v) is 3.61. The number of ether oxygens (including phenoxy) is 1. The highest BCUT2D eigenvalue weighted by atomic mass is 16.5. The van der Waals surface area contributed by atoms with Crippen molar-refractivity contribution in [3.05, 3.63) is 54.0 Å². The van der Waals surface area contributed by atoms with Crippen molar-refractivity contribution in [2.45, 2.75) is 31.9 Å². The van der Waals surface area contributed by atoms with E-state index in [2.05, 4.69) is 39.6 Å². The molecule has 104 valence electrons. The molecular formula is C16H19N3O. The highest BCUT2D eigenvalue weighted by molar-refractivity contribution is 5.36. The average Bonchev–Trinajstić information content (AvgIpc) is 2.48. The zero-order valence-electron chi connectivity index (χ0n) is 11.6. The summed E-state index contributed by atoms with van der Waals surface area (Å²) in [6.07, 6.45) is 3.75. The van der Waals surface area contributed by atoms with Crippen LogP contribution >= 0.6 is 0 Å². The van der Waals surface area contributed by atoms with Crippen molar-refractivity contribution >= 4 is 5.82 Å². The van der Waals surface area contributed by atoms with Crippen LogP contribution in [0.15, 0.2) is 42.7 Å². The minimum Gasteiger partial charge on any atom is -0.373 e. The van der Waals surface area contributed by atoms with Gasteiger partial charge in [0.1, 0.15) is 12.1 Å². The van der Waals surface area contributed by atoms with Crippen LogP contribution in [-0.2, 0) is 4.74 Å². The smallest absolute Gasteiger partial charge is 0.129 e. The third-order valence-electron chi connectivity index (χ3n) is 3.61. The lowest BCUT2D eigenvalue weighted by Gasteiger charge is -2.30. The molecule has 0 bridgehead atoms. The maximum Gasteiger partial charge on any atom is 0.129 e. The third kappa shape index (κ3) is 3.14. The van der Waals surface area contributed by atoms with Gasteiger partial charge in [0.2, 0.25) is 0 Å². The van der Waals surface area contributed by atoms with Gasteiger partial charge in [-0.3, -0.25) is 0 Å². The zero-order valence-corrected chi connectivity index (χ0v) is 11.6. The Balaban J connectivity index is 1.66. The Kier molecular flexibility index (Phi) is 3.92. The van der Waals surface area contributed by atoms with Crippen molar-refractivity contribution in [3.63, 3.8) is 0 Å². The van der Waals surface area contributed by atoms with Crippen molar-refractivity contribution in [1.82, 2.24) is 9.97 Å². The molecule has 0 amide bonds. The summed E-state index contributed by atoms with van der Waals surface area (Å²) >= 11 is 0. The molecule has 0 spiro atoms. The van der Waals surface area contributed by atoms with Crippen LogP contribution in [-0.4, -0.2) is 22.6 Å². The van der Waals surface area contributed by atoms with Crippen molar-refractivity contribution in [2.75, 3.05) is 11.9 Å². The van der Waals surface area contributed by atoms with Crippen LogP contribution < -0.4 is 5.32 Å². The van der Waals surface area contributed by atoms with Crippen molar-refractivity contribution in [2.24, 2.45) is 0 Å². The van der Waals surface area contributed by atoms with E-state index in [1.54, 1.807) is 6.33 Å². The van der Waals surface area contributed by atoms with Crippen molar-refractivity contribution < 1.29 is 4.74 Å². The predicted octanol–water partition coefficient (Wildman–Crippen LogP) is 3.12. The molecule has 2 heterocycles. The topological polar surface area (TPSA) is 47.0 Å². The Morgan fingerprint density at radius 2 is 2.05 bits per heavy atom. The number of nitrogens with zero attached hydrogens (tertiary/aromatic N) is 2. The highest BCUT2D eigenvalue weighted by Crippen LogP contribution is 2.29. The molecule has 1 aliphatic rings. The van der Waals surface area contributed by atoms with E-state index in [0.29, 0.717) is 6.04 Å². The largest absolute Gasteiger partial charge is 0.373 e. The molecular weight excluding hydrogens is 250 g/mol. The molecule has 1 fully saturated rings. The molecule has 0 aliphatic carbocycles. The van der Waals surface area contributed by atoms with Gasteiger partial charge in [-0.25, -0.2) is 9.97 Å². The molecule has 0 saturated carbocycles. The molecule has 2 aromatic rings. The number of hydrogen-bond donors (Lipinski definition) is 1. The summed E-state index contributed by atoms with van der Waals surface area (Å²) < 4.78 is 5.88. The van der Waals surface area contributed by atoms with E-state index in [0.717, 1.165) is 31.0 Å². The van der Waals surface area contributed by atoms with E-state index in [9.17, 15) is 0 Å². The molecule has 4 heteroatoms. The maximum absolute atomic E-state index is 5.88. The van der Waals surface area contributed by atoms with E-state index in [1.165, 1.54) is 5.56 Å². The molecule has 1 saturated heterocycles. The lowest BCUT2D eigenvalue weighted by Crippen LogP contribution is -2.30. The van der Waals surface area contributed by atoms with Crippen molar-refractivity contribution in [3.8, 4) is 0 Å². The van der Waals surface area contributed by atoms with E-state index in [4.69, 9.17) is 4.74 Å². The maximum atomic E-state index is 5.88. The Morgan fingerprint density at radius 1 is 1.20 bits per heavy atom. The molecule has 4 nitrogen and oxygen atoms in total. The quantitative estimate of drug-likeness (QED) is 0.930. The van der Waals surface area contributed by atoms with Crippen LogP contribution in [0, 0.1) is 6.92 Å². The number of aryl methyl sites for hydroxylation is 1. The van der Waals surface area contributed by atoms with Gasteiger partial charge < -0.3 is 10.1 Å². The standard InChI is InChI=1S/C16H19N3O/c1-12-9-16(18-11-17-12)19-14-7-8-20-15(10-14)13-5-3-2-4-6-13/h2-6,9,11,14-15H,7-8,10H2,1H3,(H,17,18,19). The summed E-state index contributed by atoms with van der Waals surface area (Å²) in [4.78, 5) is 8.39. The predicted molar refractivity (Wildman–Crippen MR) is 78.5 cm³/mol. The van der Waals surface area contributed by atoms with E-state index in [-0.39, 0.29) is 6.10 Å². The fourth-order valence-corrected chi connectivity index (χ4v) is 2.57. The summed E-state index contributed by atoms with van der Waals surface area (Å²) in [5, 5.41) is 3.49. The lowest BCUT2D eigenvalue weighted by atomic mass is 9.97. The fourth-order valence-electron chi connectivity index (χ4n) is 2.57. The van der Waals surface area contributed by atoms with Gasteiger partial charge >= 0.3 is 0 Å². The molecule has 2 unspecified atom stereocenters. The summed E-state index contributed by atoms with van der Waals surface area (Å²) in [6.45, 7) is 2.75. The summed E-state index contributed by atoms with van der Waals surface area (Å²) in [7, 11) is 0. The van der Waals surface area contributed by atoms with Crippen LogP contribution in [0.4, 0.5) is 5.82 Å². The van der Waals surface area contributed by atoms with Crippen LogP contribution in [0.5, 0.6) is 0 Å². The fraction of sp³-hybridized carbons (Fsp3) is 0.375. The molecule has 1 aromatic carbocycles. The second-order valence-corrected chi connectivity index (χ2v) is 5.18. The number of anilines is 1. The van der Waals surface area contributed by atoms with Gasteiger partial charge in [-0.15, -0.1) is 0 Å². The average molecular weight is 269 g/mol. The Bertz CT molecular complexity index is 559. The van der Waals surface area contributed by atoms with Crippen LogP contribution in [0.25, 0.3) is 0 Å². The first-order chi connectivity index (χ1) is 9.81. The first-order valence-corrected chi connectivity index (χ1v) is 7.03. The minimum atomic E-state index is 0.172. The first-order valence-electron chi connectivity index (χ1n) is 7.03. The monoisotopic (exact) mass is 269 g/mol. The van der Waals surface area contributed by atoms with Gasteiger partial charge in [-0.1, -0.05) is 30.3 Å². The summed E-state index contributed by atoms with van der Waals surface area (Å²) in [6, 6.07) is 12.8. The highest BCUT2D eigenvalue weighted by Gasteiger charge is 2.23. The van der Waals surface area contributed by atoms with Gasteiger partial charge in [0.15, 0.2) is 0 Å². The second kappa shape index (κ2) is 6.01. The molecule has 1 aliphatic heterocycles. The zero-order chi connectivity index (χ0) is 13.8. The van der Waals surface area contributed by atoms with Gasteiger partial charge in [0.25, 0.3) is 0 Å². The van der Waals surface area contributed by atoms with Gasteiger partial charge in [0.05, 0.1) is 6.10 Å². The van der Waals surface area contributed by atoms with E-state index < -0.39 is 0 Å². The summed E-state index contributed by atoms with van der Waals surface area (Å²) in [5.41, 5.74) is 2.23. The normalized spacial score (nSPS) is 22.4. The van der Waals surface area contributed by atoms with E-state index >= 15 is 0 Å².